The molecule has 0 amide bonds. The van der Waals surface area contributed by atoms with E-state index in [1.54, 1.807) is 0 Å². The van der Waals surface area contributed by atoms with Crippen LogP contribution < -0.4 is 11.1 Å². The summed E-state index contributed by atoms with van der Waals surface area (Å²) in [5.74, 6) is -0.414. The molecule has 0 radical (unpaired) electrons. The fourth-order valence-electron chi connectivity index (χ4n) is 1.70. The molecule has 1 aliphatic rings. The minimum Gasteiger partial charge on any atom is -0.465 e. The number of carbonyl (C=O) groups excluding carboxylic acids is 1. The Labute approximate surface area is 108 Å². The molecule has 18 heavy (non-hydrogen) atoms. The monoisotopic (exact) mass is 273 g/mol. The van der Waals surface area contributed by atoms with Crippen molar-refractivity contribution in [2.24, 2.45) is 0 Å². The van der Waals surface area contributed by atoms with Crippen LogP contribution in [0.4, 0.5) is 10.8 Å². The topological polar surface area (TPSA) is 107 Å². The van der Waals surface area contributed by atoms with Gasteiger partial charge in [0.05, 0.1) is 13.7 Å². The average Bonchev–Trinajstić information content (AvgIpc) is 2.93. The highest BCUT2D eigenvalue weighted by atomic mass is 32.1. The SMILES string of the molecule is COC(=O)c1c(N)nsc1NCC1(O)CCOC1. The molecular formula is C10H15N3O4S. The number of esters is 1. The van der Waals surface area contributed by atoms with Crippen molar-refractivity contribution in [2.45, 2.75) is 12.0 Å². The molecule has 2 rings (SSSR count). The van der Waals surface area contributed by atoms with Crippen LogP contribution in [0.5, 0.6) is 0 Å². The summed E-state index contributed by atoms with van der Waals surface area (Å²) >= 11 is 1.06. The van der Waals surface area contributed by atoms with E-state index in [1.165, 1.54) is 7.11 Å². The Hall–Kier alpha value is -1.38. The molecule has 0 saturated carbocycles. The summed E-state index contributed by atoms with van der Waals surface area (Å²) in [5, 5.41) is 13.6. The third kappa shape index (κ3) is 2.55. The number of carbonyl (C=O) groups is 1. The Morgan fingerprint density at radius 1 is 1.78 bits per heavy atom. The van der Waals surface area contributed by atoms with Gasteiger partial charge in [-0.15, -0.1) is 0 Å². The number of methoxy groups -OCH3 is 1. The first-order valence-electron chi connectivity index (χ1n) is 5.43. The molecule has 1 atom stereocenters. The van der Waals surface area contributed by atoms with E-state index in [0.717, 1.165) is 11.5 Å². The second kappa shape index (κ2) is 5.09. The lowest BCUT2D eigenvalue weighted by Crippen LogP contribution is -2.37. The molecule has 7 nitrogen and oxygen atoms in total. The highest BCUT2D eigenvalue weighted by Crippen LogP contribution is 2.28. The van der Waals surface area contributed by atoms with E-state index in [1.807, 2.05) is 0 Å². The van der Waals surface area contributed by atoms with Crippen molar-refractivity contribution < 1.29 is 19.4 Å². The van der Waals surface area contributed by atoms with E-state index in [9.17, 15) is 9.90 Å². The smallest absolute Gasteiger partial charge is 0.344 e. The minimum atomic E-state index is -0.911. The molecule has 1 unspecified atom stereocenters. The van der Waals surface area contributed by atoms with Gasteiger partial charge in [0.2, 0.25) is 0 Å². The number of aromatic nitrogens is 1. The molecule has 4 N–H and O–H groups in total. The molecule has 1 aromatic rings. The van der Waals surface area contributed by atoms with Crippen molar-refractivity contribution >= 4 is 28.3 Å². The van der Waals surface area contributed by atoms with Gasteiger partial charge in [0.1, 0.15) is 16.2 Å². The lowest BCUT2D eigenvalue weighted by atomic mass is 10.0. The zero-order valence-corrected chi connectivity index (χ0v) is 10.7. The molecule has 1 saturated heterocycles. The van der Waals surface area contributed by atoms with Crippen molar-refractivity contribution in [2.75, 3.05) is 37.9 Å². The van der Waals surface area contributed by atoms with E-state index in [0.29, 0.717) is 18.0 Å². The maximum absolute atomic E-state index is 11.5. The van der Waals surface area contributed by atoms with Crippen LogP contribution in [0.2, 0.25) is 0 Å². The zero-order valence-electron chi connectivity index (χ0n) is 9.93. The van der Waals surface area contributed by atoms with Crippen molar-refractivity contribution in [3.8, 4) is 0 Å². The second-order valence-corrected chi connectivity index (χ2v) is 4.92. The predicted molar refractivity (Wildman–Crippen MR) is 66.7 cm³/mol. The summed E-state index contributed by atoms with van der Waals surface area (Å²) < 4.78 is 13.7. The van der Waals surface area contributed by atoms with Crippen LogP contribution in [-0.2, 0) is 9.47 Å². The van der Waals surface area contributed by atoms with Crippen LogP contribution in [0.25, 0.3) is 0 Å². The number of anilines is 2. The van der Waals surface area contributed by atoms with Crippen molar-refractivity contribution in [1.29, 1.82) is 0 Å². The van der Waals surface area contributed by atoms with Gasteiger partial charge in [-0.3, -0.25) is 0 Å². The molecule has 100 valence electrons. The van der Waals surface area contributed by atoms with Gasteiger partial charge >= 0.3 is 5.97 Å². The Morgan fingerprint density at radius 3 is 3.17 bits per heavy atom. The van der Waals surface area contributed by atoms with Crippen molar-refractivity contribution in [3.63, 3.8) is 0 Å². The molecule has 0 spiro atoms. The van der Waals surface area contributed by atoms with Gasteiger partial charge in [0.15, 0.2) is 5.82 Å². The fraction of sp³-hybridized carbons (Fsp3) is 0.600. The first-order chi connectivity index (χ1) is 8.56. The summed E-state index contributed by atoms with van der Waals surface area (Å²) in [4.78, 5) is 11.5. The van der Waals surface area contributed by atoms with Crippen LogP contribution in [0.1, 0.15) is 16.8 Å². The van der Waals surface area contributed by atoms with E-state index in [-0.39, 0.29) is 24.5 Å². The van der Waals surface area contributed by atoms with Crippen molar-refractivity contribution in [1.82, 2.24) is 4.37 Å². The van der Waals surface area contributed by atoms with Crippen LogP contribution in [0.15, 0.2) is 0 Å². The Morgan fingerprint density at radius 2 is 2.56 bits per heavy atom. The molecule has 2 heterocycles. The summed E-state index contributed by atoms with van der Waals surface area (Å²) in [7, 11) is 1.28. The molecule has 1 aromatic heterocycles. The normalized spacial score (nSPS) is 23.0. The molecule has 0 bridgehead atoms. The van der Waals surface area contributed by atoms with Gasteiger partial charge in [0, 0.05) is 19.6 Å². The molecular weight excluding hydrogens is 258 g/mol. The quantitative estimate of drug-likeness (QED) is 0.667. The number of nitrogens with two attached hydrogens (primary N) is 1. The second-order valence-electron chi connectivity index (χ2n) is 4.14. The van der Waals surface area contributed by atoms with Crippen molar-refractivity contribution in [3.05, 3.63) is 5.56 Å². The Balaban J connectivity index is 2.07. The van der Waals surface area contributed by atoms with Crippen LogP contribution in [0, 0.1) is 0 Å². The Kier molecular flexibility index (Phi) is 3.69. The third-order valence-corrected chi connectivity index (χ3v) is 3.59. The predicted octanol–water partition coefficient (Wildman–Crippen LogP) is 0.0752. The first-order valence-corrected chi connectivity index (χ1v) is 6.20. The lowest BCUT2D eigenvalue weighted by molar-refractivity contribution is 0.0381. The number of hydrogen-bond donors (Lipinski definition) is 3. The number of rotatable bonds is 4. The number of hydrogen-bond acceptors (Lipinski definition) is 8. The largest absolute Gasteiger partial charge is 0.465 e. The van der Waals surface area contributed by atoms with Gasteiger partial charge in [-0.25, -0.2) is 4.79 Å². The van der Waals surface area contributed by atoms with Gasteiger partial charge < -0.3 is 25.6 Å². The summed E-state index contributed by atoms with van der Waals surface area (Å²) in [6.07, 6.45) is 0.557. The summed E-state index contributed by atoms with van der Waals surface area (Å²) in [5.41, 5.74) is 4.91. The zero-order chi connectivity index (χ0) is 13.2. The number of nitrogens with zero attached hydrogens (tertiary/aromatic N) is 1. The summed E-state index contributed by atoms with van der Waals surface area (Å²) in [6, 6.07) is 0. The lowest BCUT2D eigenvalue weighted by Gasteiger charge is -2.20. The van der Waals surface area contributed by atoms with Gasteiger partial charge in [-0.05, 0) is 11.5 Å². The van der Waals surface area contributed by atoms with Crippen LogP contribution >= 0.6 is 11.5 Å². The highest BCUT2D eigenvalue weighted by molar-refractivity contribution is 7.11. The maximum atomic E-state index is 11.5. The van der Waals surface area contributed by atoms with Gasteiger partial charge in [-0.1, -0.05) is 0 Å². The molecule has 0 aromatic carbocycles. The van der Waals surface area contributed by atoms with Gasteiger partial charge in [-0.2, -0.15) is 4.37 Å². The number of nitrogen functional groups attached to an aromatic ring is 1. The molecule has 1 aliphatic heterocycles. The molecule has 0 aliphatic carbocycles. The first kappa shape index (κ1) is 13.1. The van der Waals surface area contributed by atoms with E-state index in [2.05, 4.69) is 14.4 Å². The standard InChI is InChI=1S/C10H15N3O4S/c1-16-9(14)6-7(11)13-18-8(6)12-4-10(15)2-3-17-5-10/h12,15H,2-5H2,1H3,(H2,11,13). The number of nitrogens with one attached hydrogen (secondary N) is 1. The Bertz CT molecular complexity index is 442. The fourth-order valence-corrected chi connectivity index (χ4v) is 2.40. The highest BCUT2D eigenvalue weighted by Gasteiger charge is 2.33. The number of ether oxygens (including phenoxy) is 2. The van der Waals surface area contributed by atoms with Crippen LogP contribution in [0.3, 0.4) is 0 Å². The molecule has 1 fully saturated rings. The van der Waals surface area contributed by atoms with Crippen LogP contribution in [-0.4, -0.2) is 47.9 Å². The van der Waals surface area contributed by atoms with Gasteiger partial charge in [0.25, 0.3) is 0 Å². The molecule has 8 heteroatoms. The third-order valence-electron chi connectivity index (χ3n) is 2.77. The summed E-state index contributed by atoms with van der Waals surface area (Å²) in [6.45, 7) is 1.09. The average molecular weight is 273 g/mol. The van der Waals surface area contributed by atoms with E-state index < -0.39 is 11.6 Å². The maximum Gasteiger partial charge on any atom is 0.344 e. The minimum absolute atomic E-state index is 0.129. The number of aliphatic hydroxyl groups is 1. The van der Waals surface area contributed by atoms with E-state index in [4.69, 9.17) is 10.5 Å². The van der Waals surface area contributed by atoms with E-state index >= 15 is 0 Å².